The van der Waals surface area contributed by atoms with Gasteiger partial charge in [-0.15, -0.1) is 0 Å². The zero-order valence-corrected chi connectivity index (χ0v) is 12.7. The van der Waals surface area contributed by atoms with Gasteiger partial charge in [-0.25, -0.2) is 4.79 Å². The van der Waals surface area contributed by atoms with Crippen LogP contribution in [0.5, 0.6) is 5.75 Å². The van der Waals surface area contributed by atoms with Crippen molar-refractivity contribution in [2.24, 2.45) is 10.2 Å². The molecule has 3 aromatic rings. The minimum Gasteiger partial charge on any atom is -0.870 e. The van der Waals surface area contributed by atoms with Gasteiger partial charge in [-0.3, -0.25) is 0 Å². The van der Waals surface area contributed by atoms with Gasteiger partial charge in [0.25, 0.3) is 0 Å². The Balaban J connectivity index is 2.09. The van der Waals surface area contributed by atoms with E-state index in [2.05, 4.69) is 10.2 Å². The lowest BCUT2D eigenvalue weighted by Gasteiger charge is -2.15. The van der Waals surface area contributed by atoms with Gasteiger partial charge in [0, 0.05) is 5.39 Å². The van der Waals surface area contributed by atoms with Crippen molar-refractivity contribution in [1.29, 1.82) is 0 Å². The lowest BCUT2D eigenvalue weighted by atomic mass is 10.0. The van der Waals surface area contributed by atoms with Crippen LogP contribution in [0.15, 0.2) is 64.8 Å². The van der Waals surface area contributed by atoms with Crippen molar-refractivity contribution in [3.05, 3.63) is 65.7 Å². The first-order chi connectivity index (χ1) is 12.0. The van der Waals surface area contributed by atoms with E-state index in [1.54, 1.807) is 24.3 Å². The van der Waals surface area contributed by atoms with E-state index in [4.69, 9.17) is 0 Å². The number of carboxylic acids is 2. The van der Waals surface area contributed by atoms with Gasteiger partial charge in [0.15, 0.2) is 0 Å². The Morgan fingerprint density at radius 2 is 1.64 bits per heavy atom. The molecule has 0 bridgehead atoms. The van der Waals surface area contributed by atoms with Crippen molar-refractivity contribution in [2.75, 3.05) is 0 Å². The Labute approximate surface area is 141 Å². The topological polar surface area (TPSA) is 125 Å². The number of benzene rings is 3. The van der Waals surface area contributed by atoms with E-state index in [-0.39, 0.29) is 16.8 Å². The number of carbonyl (C=O) groups excluding carboxylic acids is 1. The summed E-state index contributed by atoms with van der Waals surface area (Å²) >= 11 is 0. The fraction of sp³-hybridized carbons (Fsp3) is 0. The maximum atomic E-state index is 12.4. The molecule has 124 valence electrons. The van der Waals surface area contributed by atoms with E-state index in [9.17, 15) is 24.9 Å². The molecule has 0 amide bonds. The maximum absolute atomic E-state index is 12.4. The van der Waals surface area contributed by atoms with Gasteiger partial charge in [0.05, 0.1) is 22.9 Å². The average molecular weight is 334 g/mol. The summed E-state index contributed by atoms with van der Waals surface area (Å²) in [4.78, 5) is 22.0. The van der Waals surface area contributed by atoms with E-state index in [0.717, 1.165) is 0 Å². The summed E-state index contributed by atoms with van der Waals surface area (Å²) in [5.41, 5.74) is -0.171. The second-order valence-corrected chi connectivity index (χ2v) is 5.16. The van der Waals surface area contributed by atoms with Crippen LogP contribution in [0.4, 0.5) is 11.4 Å². The maximum Gasteiger partial charge on any atom is 0.335 e. The monoisotopic (exact) mass is 334 g/mol. The molecule has 7 nitrogen and oxygen atoms in total. The van der Waals surface area contributed by atoms with Crippen molar-refractivity contribution in [3.63, 3.8) is 0 Å². The number of carboxylic acid groups (broad SMARTS) is 2. The summed E-state index contributed by atoms with van der Waals surface area (Å²) in [7, 11) is 0. The van der Waals surface area contributed by atoms with Crippen LogP contribution in [0.2, 0.25) is 0 Å². The highest BCUT2D eigenvalue weighted by molar-refractivity contribution is 6.04. The molecule has 0 radical (unpaired) electrons. The van der Waals surface area contributed by atoms with Crippen LogP contribution >= 0.6 is 0 Å². The first-order valence-corrected chi connectivity index (χ1v) is 7.16. The molecule has 0 saturated carbocycles. The largest absolute Gasteiger partial charge is 0.870 e. The molecule has 7 heteroatoms. The zero-order valence-electron chi connectivity index (χ0n) is 12.7. The number of nitrogens with zero attached hydrogens (tertiary/aromatic N) is 2. The molecular formula is C18H10N2O5-2. The Kier molecular flexibility index (Phi) is 4.13. The molecule has 0 atom stereocenters. The highest BCUT2D eigenvalue weighted by Crippen LogP contribution is 2.37. The fourth-order valence-corrected chi connectivity index (χ4v) is 2.34. The molecule has 0 aliphatic rings. The molecule has 0 aromatic heterocycles. The van der Waals surface area contributed by atoms with E-state index < -0.39 is 17.7 Å². The molecule has 3 rings (SSSR count). The van der Waals surface area contributed by atoms with Gasteiger partial charge in [0.1, 0.15) is 0 Å². The zero-order chi connectivity index (χ0) is 18.0. The number of azo groups is 1. The highest BCUT2D eigenvalue weighted by atomic mass is 16.4. The van der Waals surface area contributed by atoms with E-state index in [1.165, 1.54) is 30.3 Å². The van der Waals surface area contributed by atoms with Gasteiger partial charge in [-0.1, -0.05) is 42.1 Å². The number of hydrogen-bond donors (Lipinski definition) is 1. The Bertz CT molecular complexity index is 1010. The molecule has 0 spiro atoms. The molecule has 0 heterocycles. The number of carbonyl (C=O) groups is 2. The summed E-state index contributed by atoms with van der Waals surface area (Å²) < 4.78 is 0. The van der Waals surface area contributed by atoms with Gasteiger partial charge < -0.3 is 20.1 Å². The third-order valence-electron chi connectivity index (χ3n) is 3.57. The minimum absolute atomic E-state index is 0.0122. The van der Waals surface area contributed by atoms with Crippen molar-refractivity contribution in [1.82, 2.24) is 0 Å². The van der Waals surface area contributed by atoms with Gasteiger partial charge >= 0.3 is 5.97 Å². The first kappa shape index (κ1) is 16.1. The van der Waals surface area contributed by atoms with Crippen molar-refractivity contribution in [3.8, 4) is 5.75 Å². The normalized spacial score (nSPS) is 11.0. The summed E-state index contributed by atoms with van der Waals surface area (Å²) in [6.45, 7) is 0. The number of hydrogen-bond acceptors (Lipinski definition) is 6. The fourth-order valence-electron chi connectivity index (χ4n) is 2.34. The predicted octanol–water partition coefficient (Wildman–Crippen LogP) is 2.39. The van der Waals surface area contributed by atoms with Gasteiger partial charge in [-0.2, -0.15) is 10.2 Å². The van der Waals surface area contributed by atoms with Gasteiger partial charge in [0.2, 0.25) is 0 Å². The second kappa shape index (κ2) is 6.40. The predicted molar refractivity (Wildman–Crippen MR) is 85.3 cm³/mol. The lowest BCUT2D eigenvalue weighted by molar-refractivity contribution is -0.267. The molecule has 0 fully saturated rings. The molecule has 25 heavy (non-hydrogen) atoms. The number of rotatable bonds is 4. The van der Waals surface area contributed by atoms with E-state index >= 15 is 0 Å². The van der Waals surface area contributed by atoms with Crippen molar-refractivity contribution < 1.29 is 24.9 Å². The summed E-state index contributed by atoms with van der Waals surface area (Å²) in [5, 5.41) is 41.1. The standard InChI is InChI=1S/C18H12N2O5/c21-16-14(18(24)25)9-11-3-1-2-4-13(11)15(16)20-19-12-7-5-10(6-8-12)17(22)23/h1-9,21H,(H,22,23)(H,24,25)/p-2. The third-order valence-corrected chi connectivity index (χ3v) is 3.57. The lowest BCUT2D eigenvalue weighted by Crippen LogP contribution is -2.21. The quantitative estimate of drug-likeness (QED) is 0.733. The van der Waals surface area contributed by atoms with Crippen molar-refractivity contribution in [2.45, 2.75) is 0 Å². The smallest absolute Gasteiger partial charge is 0.335 e. The Hall–Kier alpha value is -3.74. The third kappa shape index (κ3) is 3.16. The molecule has 3 aromatic carbocycles. The van der Waals surface area contributed by atoms with E-state index in [1.807, 2.05) is 0 Å². The van der Waals surface area contributed by atoms with Crippen LogP contribution in [-0.2, 0) is 0 Å². The highest BCUT2D eigenvalue weighted by Gasteiger charge is 2.11. The molecule has 0 unspecified atom stereocenters. The van der Waals surface area contributed by atoms with E-state index in [0.29, 0.717) is 16.5 Å². The van der Waals surface area contributed by atoms with Crippen LogP contribution < -0.4 is 10.2 Å². The average Bonchev–Trinajstić information content (AvgIpc) is 2.60. The molecular weight excluding hydrogens is 324 g/mol. The minimum atomic E-state index is -1.34. The Morgan fingerprint density at radius 3 is 2.28 bits per heavy atom. The second-order valence-electron chi connectivity index (χ2n) is 5.16. The number of fused-ring (bicyclic) bond motifs is 1. The van der Waals surface area contributed by atoms with Gasteiger partial charge in [-0.05, 0) is 29.1 Å². The first-order valence-electron chi connectivity index (χ1n) is 7.16. The summed E-state index contributed by atoms with van der Waals surface area (Å²) in [6, 6.07) is 13.5. The van der Waals surface area contributed by atoms with Crippen LogP contribution in [-0.4, -0.2) is 17.0 Å². The molecule has 0 aliphatic carbocycles. The molecule has 1 N–H and O–H groups in total. The van der Waals surface area contributed by atoms with Crippen LogP contribution in [0.3, 0.4) is 0 Å². The van der Waals surface area contributed by atoms with Crippen LogP contribution in [0.25, 0.3) is 10.8 Å². The van der Waals surface area contributed by atoms with Crippen LogP contribution in [0.1, 0.15) is 20.7 Å². The molecule has 0 saturated heterocycles. The SMILES string of the molecule is O=C([O-])c1ccc(N=Nc2c([O-])c(C(=O)O)cc3ccccc23)cc1. The Morgan fingerprint density at radius 1 is 0.960 bits per heavy atom. The molecule has 0 aliphatic heterocycles. The summed E-state index contributed by atoms with van der Waals surface area (Å²) in [6.07, 6.45) is 0. The van der Waals surface area contributed by atoms with Crippen molar-refractivity contribution >= 4 is 34.1 Å². The van der Waals surface area contributed by atoms with Crippen LogP contribution in [0, 0.1) is 0 Å². The summed E-state index contributed by atoms with van der Waals surface area (Å²) in [5.74, 6) is -3.39. The number of aromatic carboxylic acids is 2.